The van der Waals surface area contributed by atoms with Crippen molar-refractivity contribution in [2.24, 2.45) is 0 Å². The SMILES string of the molecule is Cc1ccccc1/C=C/C(=O)c1ccc(NC(=O)/C(=C/c2c(Cl)cccc2Cl)NC(=O)c2ccccc2)cc1. The first-order valence-corrected chi connectivity index (χ1v) is 12.8. The molecule has 0 atom stereocenters. The number of allylic oxidation sites excluding steroid dienone is 1. The molecule has 0 heterocycles. The highest BCUT2D eigenvalue weighted by molar-refractivity contribution is 6.37. The van der Waals surface area contributed by atoms with Gasteiger partial charge in [0.05, 0.1) is 0 Å². The van der Waals surface area contributed by atoms with E-state index in [1.54, 1.807) is 78.9 Å². The van der Waals surface area contributed by atoms with Crippen LogP contribution in [0.25, 0.3) is 12.2 Å². The summed E-state index contributed by atoms with van der Waals surface area (Å²) >= 11 is 12.6. The maximum Gasteiger partial charge on any atom is 0.272 e. The molecule has 4 rings (SSSR count). The molecular weight excluding hydrogens is 531 g/mol. The van der Waals surface area contributed by atoms with Crippen LogP contribution in [0.5, 0.6) is 0 Å². The zero-order valence-electron chi connectivity index (χ0n) is 21.0. The Balaban J connectivity index is 1.53. The molecule has 0 spiro atoms. The van der Waals surface area contributed by atoms with Crippen LogP contribution in [0.15, 0.2) is 109 Å². The Morgan fingerprint density at radius 2 is 1.36 bits per heavy atom. The summed E-state index contributed by atoms with van der Waals surface area (Å²) in [7, 11) is 0. The van der Waals surface area contributed by atoms with Gasteiger partial charge in [0.2, 0.25) is 0 Å². The molecule has 7 heteroatoms. The lowest BCUT2D eigenvalue weighted by Gasteiger charge is -2.12. The Kier molecular flexibility index (Phi) is 9.10. The molecule has 0 unspecified atom stereocenters. The number of aryl methyl sites for hydroxylation is 1. The lowest BCUT2D eigenvalue weighted by atomic mass is 10.1. The molecule has 0 fully saturated rings. The van der Waals surface area contributed by atoms with E-state index < -0.39 is 11.8 Å². The molecule has 0 aliphatic carbocycles. The lowest BCUT2D eigenvalue weighted by molar-refractivity contribution is -0.113. The van der Waals surface area contributed by atoms with Crippen molar-refractivity contribution in [2.75, 3.05) is 5.32 Å². The fourth-order valence-corrected chi connectivity index (χ4v) is 4.19. The number of hydrogen-bond acceptors (Lipinski definition) is 3. The third kappa shape index (κ3) is 7.32. The van der Waals surface area contributed by atoms with Gasteiger partial charge in [-0.3, -0.25) is 14.4 Å². The Morgan fingerprint density at radius 3 is 2.03 bits per heavy atom. The van der Waals surface area contributed by atoms with E-state index in [1.807, 2.05) is 31.2 Å². The molecule has 2 amide bonds. The average molecular weight is 555 g/mol. The second kappa shape index (κ2) is 12.9. The Hall–Kier alpha value is -4.45. The number of hydrogen-bond donors (Lipinski definition) is 2. The number of carbonyl (C=O) groups excluding carboxylic acids is 3. The zero-order chi connectivity index (χ0) is 27.8. The summed E-state index contributed by atoms with van der Waals surface area (Å²) in [5.41, 5.74) is 3.65. The maximum absolute atomic E-state index is 13.3. The fraction of sp³-hybridized carbons (Fsp3) is 0.0312. The van der Waals surface area contributed by atoms with Crippen LogP contribution >= 0.6 is 23.2 Å². The van der Waals surface area contributed by atoms with Gasteiger partial charge >= 0.3 is 0 Å². The molecule has 4 aromatic carbocycles. The normalized spacial score (nSPS) is 11.3. The number of ketones is 1. The van der Waals surface area contributed by atoms with E-state index in [0.29, 0.717) is 32.4 Å². The van der Waals surface area contributed by atoms with Crippen LogP contribution in [0.2, 0.25) is 10.0 Å². The van der Waals surface area contributed by atoms with E-state index in [4.69, 9.17) is 23.2 Å². The molecule has 0 saturated carbocycles. The van der Waals surface area contributed by atoms with E-state index >= 15 is 0 Å². The van der Waals surface area contributed by atoms with Gasteiger partial charge in [-0.1, -0.05) is 77.8 Å². The van der Waals surface area contributed by atoms with Crippen molar-refractivity contribution in [3.8, 4) is 0 Å². The average Bonchev–Trinajstić information content (AvgIpc) is 2.94. The molecule has 39 heavy (non-hydrogen) atoms. The number of carbonyl (C=O) groups is 3. The summed E-state index contributed by atoms with van der Waals surface area (Å²) in [6, 6.07) is 27.7. The summed E-state index contributed by atoms with van der Waals surface area (Å²) in [5, 5.41) is 6.05. The predicted octanol–water partition coefficient (Wildman–Crippen LogP) is 7.61. The quantitative estimate of drug-likeness (QED) is 0.174. The van der Waals surface area contributed by atoms with Gasteiger partial charge in [0, 0.05) is 32.4 Å². The molecule has 0 aliphatic heterocycles. The molecule has 0 aromatic heterocycles. The molecule has 2 N–H and O–H groups in total. The van der Waals surface area contributed by atoms with Crippen LogP contribution in [0.4, 0.5) is 5.69 Å². The highest BCUT2D eigenvalue weighted by Gasteiger charge is 2.17. The Morgan fingerprint density at radius 1 is 0.718 bits per heavy atom. The number of anilines is 1. The molecule has 4 aromatic rings. The van der Waals surface area contributed by atoms with Crippen molar-refractivity contribution in [3.05, 3.63) is 147 Å². The standard InChI is InChI=1S/C32H24Cl2N2O3/c1-21-8-5-6-9-22(21)16-19-30(37)23-14-17-25(18-15-23)35-32(39)29(20-26-27(33)12-7-13-28(26)34)36-31(38)24-10-3-2-4-11-24/h2-20H,1H3,(H,35,39)(H,36,38)/b19-16+,29-20-. The summed E-state index contributed by atoms with van der Waals surface area (Å²) in [6.45, 7) is 1.98. The third-order valence-electron chi connectivity index (χ3n) is 5.85. The molecule has 5 nitrogen and oxygen atoms in total. The minimum absolute atomic E-state index is 0.0554. The number of halogens is 2. The maximum atomic E-state index is 13.3. The predicted molar refractivity (Wildman–Crippen MR) is 158 cm³/mol. The van der Waals surface area contributed by atoms with Crippen molar-refractivity contribution in [1.29, 1.82) is 0 Å². The van der Waals surface area contributed by atoms with Crippen molar-refractivity contribution in [1.82, 2.24) is 5.32 Å². The number of amides is 2. The van der Waals surface area contributed by atoms with Crippen LogP contribution in [-0.2, 0) is 4.79 Å². The van der Waals surface area contributed by atoms with Gasteiger partial charge in [-0.25, -0.2) is 0 Å². The lowest BCUT2D eigenvalue weighted by Crippen LogP contribution is -2.30. The Bertz CT molecular complexity index is 1560. The van der Waals surface area contributed by atoms with Gasteiger partial charge in [-0.05, 0) is 78.7 Å². The van der Waals surface area contributed by atoms with Crippen molar-refractivity contribution < 1.29 is 14.4 Å². The van der Waals surface area contributed by atoms with E-state index in [2.05, 4.69) is 10.6 Å². The second-order valence-corrected chi connectivity index (χ2v) is 9.41. The summed E-state index contributed by atoms with van der Waals surface area (Å²) in [5.74, 6) is -1.23. The molecule has 0 bridgehead atoms. The largest absolute Gasteiger partial charge is 0.321 e. The number of benzene rings is 4. The first-order chi connectivity index (χ1) is 18.8. The van der Waals surface area contributed by atoms with Crippen molar-refractivity contribution in [2.45, 2.75) is 6.92 Å². The fourth-order valence-electron chi connectivity index (χ4n) is 3.69. The van der Waals surface area contributed by atoms with E-state index in [9.17, 15) is 14.4 Å². The molecule has 0 saturated heterocycles. The van der Waals surface area contributed by atoms with Gasteiger partial charge in [-0.15, -0.1) is 0 Å². The van der Waals surface area contributed by atoms with E-state index in [0.717, 1.165) is 11.1 Å². The zero-order valence-corrected chi connectivity index (χ0v) is 22.5. The van der Waals surface area contributed by atoms with Crippen LogP contribution in [0, 0.1) is 6.92 Å². The summed E-state index contributed by atoms with van der Waals surface area (Å²) in [6.07, 6.45) is 4.72. The molecule has 0 aliphatic rings. The number of rotatable bonds is 8. The van der Waals surface area contributed by atoms with Crippen molar-refractivity contribution in [3.63, 3.8) is 0 Å². The Labute approximate surface area is 236 Å². The van der Waals surface area contributed by atoms with Crippen LogP contribution in [0.1, 0.15) is 37.4 Å². The minimum Gasteiger partial charge on any atom is -0.321 e. The van der Waals surface area contributed by atoms with Gasteiger partial charge in [0.15, 0.2) is 5.78 Å². The van der Waals surface area contributed by atoms with Gasteiger partial charge in [0.1, 0.15) is 5.70 Å². The highest BCUT2D eigenvalue weighted by atomic mass is 35.5. The topological polar surface area (TPSA) is 75.3 Å². The van der Waals surface area contributed by atoms with E-state index in [1.165, 1.54) is 12.2 Å². The monoisotopic (exact) mass is 554 g/mol. The third-order valence-corrected chi connectivity index (χ3v) is 6.51. The first-order valence-electron chi connectivity index (χ1n) is 12.0. The summed E-state index contributed by atoms with van der Waals surface area (Å²) < 4.78 is 0. The smallest absolute Gasteiger partial charge is 0.272 e. The highest BCUT2D eigenvalue weighted by Crippen LogP contribution is 2.27. The first kappa shape index (κ1) is 27.6. The minimum atomic E-state index is -0.589. The van der Waals surface area contributed by atoms with Gasteiger partial charge in [0.25, 0.3) is 11.8 Å². The summed E-state index contributed by atoms with van der Waals surface area (Å²) in [4.78, 5) is 38.7. The van der Waals surface area contributed by atoms with Crippen LogP contribution in [-0.4, -0.2) is 17.6 Å². The van der Waals surface area contributed by atoms with Crippen molar-refractivity contribution >= 4 is 58.6 Å². The molecular formula is C32H24Cl2N2O3. The molecule has 194 valence electrons. The second-order valence-electron chi connectivity index (χ2n) is 8.60. The van der Waals surface area contributed by atoms with E-state index in [-0.39, 0.29) is 11.5 Å². The number of nitrogens with one attached hydrogen (secondary N) is 2. The van der Waals surface area contributed by atoms with Gasteiger partial charge < -0.3 is 10.6 Å². The van der Waals surface area contributed by atoms with Crippen LogP contribution in [0.3, 0.4) is 0 Å². The molecule has 0 radical (unpaired) electrons. The van der Waals surface area contributed by atoms with Gasteiger partial charge in [-0.2, -0.15) is 0 Å². The van der Waals surface area contributed by atoms with Crippen LogP contribution < -0.4 is 10.6 Å².